The number of likely N-dealkylation sites (tertiary alicyclic amines) is 1. The van der Waals surface area contributed by atoms with Crippen LogP contribution in [0, 0.1) is 20.8 Å². The number of hydrogen-bond acceptors (Lipinski definition) is 4. The summed E-state index contributed by atoms with van der Waals surface area (Å²) >= 11 is 0. The lowest BCUT2D eigenvalue weighted by Gasteiger charge is -2.33. The molecular weight excluding hydrogens is 388 g/mol. The summed E-state index contributed by atoms with van der Waals surface area (Å²) in [4.78, 5) is 27.5. The van der Waals surface area contributed by atoms with Crippen molar-refractivity contribution in [3.8, 4) is 0 Å². The van der Waals surface area contributed by atoms with E-state index in [0.717, 1.165) is 30.4 Å². The van der Waals surface area contributed by atoms with Crippen LogP contribution < -0.4 is 16.2 Å². The molecule has 164 valence electrons. The third kappa shape index (κ3) is 4.81. The van der Waals surface area contributed by atoms with Gasteiger partial charge in [-0.3, -0.25) is 9.59 Å². The predicted molar refractivity (Wildman–Crippen MR) is 122 cm³/mol. The highest BCUT2D eigenvalue weighted by molar-refractivity contribution is 5.95. The van der Waals surface area contributed by atoms with E-state index < -0.39 is 0 Å². The Morgan fingerprint density at radius 1 is 0.968 bits per heavy atom. The van der Waals surface area contributed by atoms with Crippen molar-refractivity contribution in [2.75, 3.05) is 13.1 Å². The highest BCUT2D eigenvalue weighted by Crippen LogP contribution is 2.27. The van der Waals surface area contributed by atoms with Gasteiger partial charge in [0.2, 0.25) is 5.91 Å². The van der Waals surface area contributed by atoms with Crippen molar-refractivity contribution in [2.24, 2.45) is 0 Å². The first-order chi connectivity index (χ1) is 14.9. The van der Waals surface area contributed by atoms with Crippen molar-refractivity contribution in [1.29, 1.82) is 0 Å². The highest BCUT2D eigenvalue weighted by atomic mass is 16.2. The smallest absolute Gasteiger partial charge is 0.251 e. The third-order valence-corrected chi connectivity index (χ3v) is 6.53. The normalized spacial score (nSPS) is 21.8. The number of benzene rings is 2. The molecule has 2 aromatic carbocycles. The van der Waals surface area contributed by atoms with Gasteiger partial charge in [-0.05, 0) is 62.8 Å². The van der Waals surface area contributed by atoms with Gasteiger partial charge in [-0.25, -0.2) is 10.9 Å². The maximum atomic E-state index is 13.0. The zero-order valence-electron chi connectivity index (χ0n) is 18.6. The van der Waals surface area contributed by atoms with E-state index in [1.165, 1.54) is 16.7 Å². The molecule has 3 N–H and O–H groups in total. The molecule has 2 unspecified atom stereocenters. The number of amides is 2. The maximum absolute atomic E-state index is 13.0. The largest absolute Gasteiger partial charge is 0.349 e. The van der Waals surface area contributed by atoms with Gasteiger partial charge in [-0.15, -0.1) is 0 Å². The summed E-state index contributed by atoms with van der Waals surface area (Å²) in [6.45, 7) is 7.50. The molecule has 2 aliphatic heterocycles. The number of carbonyl (C=O) groups excluding carboxylic acids is 2. The first-order valence-corrected chi connectivity index (χ1v) is 11.2. The number of hydrogen-bond donors (Lipinski definition) is 3. The Morgan fingerprint density at radius 3 is 2.42 bits per heavy atom. The minimum Gasteiger partial charge on any atom is -0.349 e. The number of piperidine rings is 1. The molecule has 0 spiro atoms. The van der Waals surface area contributed by atoms with Gasteiger partial charge in [-0.1, -0.05) is 42.0 Å². The van der Waals surface area contributed by atoms with Gasteiger partial charge >= 0.3 is 0 Å². The molecule has 0 bridgehead atoms. The third-order valence-electron chi connectivity index (χ3n) is 6.53. The molecule has 31 heavy (non-hydrogen) atoms. The lowest BCUT2D eigenvalue weighted by molar-refractivity contribution is -0.134. The fourth-order valence-corrected chi connectivity index (χ4v) is 4.69. The Morgan fingerprint density at radius 2 is 1.71 bits per heavy atom. The van der Waals surface area contributed by atoms with Gasteiger partial charge in [-0.2, -0.15) is 0 Å². The molecule has 0 saturated carbocycles. The molecule has 0 aliphatic carbocycles. The molecule has 2 saturated heterocycles. The van der Waals surface area contributed by atoms with Crippen LogP contribution in [0.3, 0.4) is 0 Å². The molecular formula is C25H32N4O2. The summed E-state index contributed by atoms with van der Waals surface area (Å²) in [5.41, 5.74) is 11.9. The molecule has 2 atom stereocenters. The van der Waals surface area contributed by atoms with Crippen LogP contribution in [-0.4, -0.2) is 41.9 Å². The fourth-order valence-electron chi connectivity index (χ4n) is 4.69. The molecule has 2 amide bonds. The molecule has 2 aromatic rings. The second-order valence-corrected chi connectivity index (χ2v) is 8.88. The van der Waals surface area contributed by atoms with Crippen molar-refractivity contribution >= 4 is 11.8 Å². The van der Waals surface area contributed by atoms with Crippen molar-refractivity contribution in [3.63, 3.8) is 0 Å². The molecule has 6 nitrogen and oxygen atoms in total. The van der Waals surface area contributed by atoms with Crippen molar-refractivity contribution < 1.29 is 9.59 Å². The second-order valence-electron chi connectivity index (χ2n) is 8.88. The minimum atomic E-state index is -0.219. The lowest BCUT2D eigenvalue weighted by Crippen LogP contribution is -2.51. The zero-order chi connectivity index (χ0) is 22.0. The second kappa shape index (κ2) is 9.20. The fraction of sp³-hybridized carbons (Fsp3) is 0.440. The van der Waals surface area contributed by atoms with Gasteiger partial charge in [0.25, 0.3) is 5.91 Å². The van der Waals surface area contributed by atoms with E-state index >= 15 is 0 Å². The number of nitrogens with zero attached hydrogens (tertiary/aromatic N) is 1. The quantitative estimate of drug-likeness (QED) is 0.711. The molecule has 0 radical (unpaired) electrons. The lowest BCUT2D eigenvalue weighted by atomic mass is 9.95. The molecule has 2 aliphatic rings. The first-order valence-electron chi connectivity index (χ1n) is 11.2. The first kappa shape index (κ1) is 21.5. The Hall–Kier alpha value is -2.70. The van der Waals surface area contributed by atoms with E-state index in [0.29, 0.717) is 13.1 Å². The summed E-state index contributed by atoms with van der Waals surface area (Å²) in [7, 11) is 0. The topological polar surface area (TPSA) is 73.5 Å². The Labute approximate surface area is 184 Å². The van der Waals surface area contributed by atoms with Crippen molar-refractivity contribution in [2.45, 2.75) is 58.2 Å². The van der Waals surface area contributed by atoms with Crippen LogP contribution in [0.4, 0.5) is 0 Å². The molecule has 2 fully saturated rings. The molecule has 4 rings (SSSR count). The van der Waals surface area contributed by atoms with Crippen LogP contribution in [0.5, 0.6) is 0 Å². The van der Waals surface area contributed by atoms with Crippen LogP contribution in [-0.2, 0) is 4.79 Å². The SMILES string of the molecule is Cc1ccc(C2CC(C(=O)N3CCC(NC(=O)c4ccccc4C)CC3)NN2)c(C)c1. The molecule has 2 heterocycles. The summed E-state index contributed by atoms with van der Waals surface area (Å²) in [5, 5.41) is 3.14. The summed E-state index contributed by atoms with van der Waals surface area (Å²) in [6, 6.07) is 14.1. The van der Waals surface area contributed by atoms with E-state index in [9.17, 15) is 9.59 Å². The average Bonchev–Trinajstić information content (AvgIpc) is 3.24. The van der Waals surface area contributed by atoms with Crippen molar-refractivity contribution in [3.05, 3.63) is 70.3 Å². The Kier molecular flexibility index (Phi) is 6.39. The zero-order valence-corrected chi connectivity index (χ0v) is 18.6. The van der Waals surface area contributed by atoms with Crippen LogP contribution in [0.1, 0.15) is 57.9 Å². The van der Waals surface area contributed by atoms with E-state index in [2.05, 4.69) is 48.2 Å². The van der Waals surface area contributed by atoms with Crippen LogP contribution in [0.15, 0.2) is 42.5 Å². The highest BCUT2D eigenvalue weighted by Gasteiger charge is 2.35. The Balaban J connectivity index is 1.29. The average molecular weight is 421 g/mol. The van der Waals surface area contributed by atoms with E-state index in [1.54, 1.807) is 0 Å². The van der Waals surface area contributed by atoms with Gasteiger partial charge < -0.3 is 10.2 Å². The van der Waals surface area contributed by atoms with Crippen LogP contribution >= 0.6 is 0 Å². The summed E-state index contributed by atoms with van der Waals surface area (Å²) in [5.74, 6) is 0.115. The molecule has 0 aromatic heterocycles. The number of rotatable bonds is 4. The van der Waals surface area contributed by atoms with Gasteiger partial charge in [0.1, 0.15) is 6.04 Å². The van der Waals surface area contributed by atoms with Gasteiger partial charge in [0.05, 0.1) is 0 Å². The number of aryl methyl sites for hydroxylation is 3. The predicted octanol–water partition coefficient (Wildman–Crippen LogP) is 2.94. The van der Waals surface area contributed by atoms with Crippen molar-refractivity contribution in [1.82, 2.24) is 21.1 Å². The van der Waals surface area contributed by atoms with E-state index in [4.69, 9.17) is 0 Å². The standard InChI is InChI=1S/C25H32N4O2/c1-16-8-9-20(18(3)14-16)22-15-23(28-27-22)25(31)29-12-10-19(11-13-29)26-24(30)21-7-5-4-6-17(21)2/h4-9,14,19,22-23,27-28H,10-13,15H2,1-3H3,(H,26,30). The number of hydrazine groups is 1. The van der Waals surface area contributed by atoms with Gasteiger partial charge in [0.15, 0.2) is 0 Å². The molecule has 6 heteroatoms. The van der Waals surface area contributed by atoms with E-state index in [-0.39, 0.29) is 29.9 Å². The number of carbonyl (C=O) groups is 2. The monoisotopic (exact) mass is 420 g/mol. The summed E-state index contributed by atoms with van der Waals surface area (Å²) in [6.07, 6.45) is 2.31. The van der Waals surface area contributed by atoms with Crippen LogP contribution in [0.2, 0.25) is 0 Å². The van der Waals surface area contributed by atoms with E-state index in [1.807, 2.05) is 36.1 Å². The van der Waals surface area contributed by atoms with Crippen LogP contribution in [0.25, 0.3) is 0 Å². The minimum absolute atomic E-state index is 0.0270. The summed E-state index contributed by atoms with van der Waals surface area (Å²) < 4.78 is 0. The Bertz CT molecular complexity index is 966. The number of nitrogens with one attached hydrogen (secondary N) is 3. The van der Waals surface area contributed by atoms with Gasteiger partial charge in [0, 0.05) is 30.7 Å². The maximum Gasteiger partial charge on any atom is 0.251 e.